The predicted molar refractivity (Wildman–Crippen MR) is 183 cm³/mol. The summed E-state index contributed by atoms with van der Waals surface area (Å²) in [6.07, 6.45) is 5.17. The summed E-state index contributed by atoms with van der Waals surface area (Å²) in [6, 6.07) is 13.6. The molecule has 2 aliphatic rings. The number of rotatable bonds is 10. The van der Waals surface area contributed by atoms with Crippen molar-refractivity contribution in [2.24, 2.45) is 0 Å². The number of carbonyl (C=O) groups is 2. The molecule has 12 heteroatoms. The number of aromatic nitrogens is 4. The van der Waals surface area contributed by atoms with Gasteiger partial charge in [0.25, 0.3) is 5.91 Å². The van der Waals surface area contributed by atoms with Gasteiger partial charge in [-0.2, -0.15) is 0 Å². The number of hydrogen-bond donors (Lipinski definition) is 3. The summed E-state index contributed by atoms with van der Waals surface area (Å²) in [5.74, 6) is 0.540. The Morgan fingerprint density at radius 2 is 1.87 bits per heavy atom. The van der Waals surface area contributed by atoms with E-state index >= 15 is 0 Å². The lowest BCUT2D eigenvalue weighted by Crippen LogP contribution is -2.48. The van der Waals surface area contributed by atoms with Gasteiger partial charge in [0, 0.05) is 61.4 Å². The molecule has 0 saturated carbocycles. The second-order valence-corrected chi connectivity index (χ2v) is 12.5. The third-order valence-corrected chi connectivity index (χ3v) is 9.04. The molecule has 5 heterocycles. The molecule has 0 bridgehead atoms. The van der Waals surface area contributed by atoms with E-state index in [0.29, 0.717) is 36.7 Å². The Kier molecular flexibility index (Phi) is 9.90. The summed E-state index contributed by atoms with van der Waals surface area (Å²) in [4.78, 5) is 49.2. The number of carbonyl (C=O) groups excluding carboxylic acids is 2. The highest BCUT2D eigenvalue weighted by molar-refractivity contribution is 6.03. The first-order chi connectivity index (χ1) is 22.7. The van der Waals surface area contributed by atoms with Crippen LogP contribution >= 0.6 is 0 Å². The molecule has 0 spiro atoms. The summed E-state index contributed by atoms with van der Waals surface area (Å²) < 4.78 is 5.50. The quantitative estimate of drug-likeness (QED) is 0.223. The Morgan fingerprint density at radius 3 is 2.64 bits per heavy atom. The molecule has 2 atom stereocenters. The van der Waals surface area contributed by atoms with E-state index in [0.717, 1.165) is 72.7 Å². The van der Waals surface area contributed by atoms with E-state index < -0.39 is 0 Å². The fraction of sp³-hybridized carbons (Fsp3) is 0.400. The first-order valence-electron chi connectivity index (χ1n) is 16.2. The van der Waals surface area contributed by atoms with Gasteiger partial charge in [0.15, 0.2) is 0 Å². The summed E-state index contributed by atoms with van der Waals surface area (Å²) in [5.41, 5.74) is 5.28. The normalized spacial score (nSPS) is 17.9. The zero-order valence-electron chi connectivity index (χ0n) is 27.3. The number of aromatic amines is 1. The van der Waals surface area contributed by atoms with E-state index in [-0.39, 0.29) is 23.9 Å². The van der Waals surface area contributed by atoms with Crippen LogP contribution in [0.3, 0.4) is 0 Å². The SMILES string of the molecule is C=C(C(=O)NC1CCCN(Cc2ccnc(C(=O)Nc3ccc(-c4cc5c(N6CCOCC6)ncnc5[nH]4)cc3)c2)C1)[C@@H](C)N(C)C. The van der Waals surface area contributed by atoms with Gasteiger partial charge >= 0.3 is 0 Å². The van der Waals surface area contributed by atoms with E-state index in [4.69, 9.17) is 4.74 Å². The van der Waals surface area contributed by atoms with Crippen molar-refractivity contribution in [1.82, 2.24) is 35.1 Å². The van der Waals surface area contributed by atoms with Crippen molar-refractivity contribution < 1.29 is 14.3 Å². The number of likely N-dealkylation sites (N-methyl/N-ethyl adjacent to an activating group) is 1. The lowest BCUT2D eigenvalue weighted by Gasteiger charge is -2.34. The number of hydrogen-bond acceptors (Lipinski definition) is 9. The van der Waals surface area contributed by atoms with Gasteiger partial charge < -0.3 is 30.2 Å². The maximum absolute atomic E-state index is 13.2. The van der Waals surface area contributed by atoms with Crippen LogP contribution in [-0.2, 0) is 16.1 Å². The maximum Gasteiger partial charge on any atom is 0.274 e. The van der Waals surface area contributed by atoms with Crippen LogP contribution in [0.15, 0.2) is 67.1 Å². The van der Waals surface area contributed by atoms with Gasteiger partial charge in [0.2, 0.25) is 5.91 Å². The number of nitrogens with zero attached hydrogens (tertiary/aromatic N) is 6. The number of morpholine rings is 1. The Balaban J connectivity index is 1.06. The zero-order valence-corrected chi connectivity index (χ0v) is 27.3. The first kappa shape index (κ1) is 32.3. The largest absolute Gasteiger partial charge is 0.378 e. The highest BCUT2D eigenvalue weighted by atomic mass is 16.5. The molecule has 2 saturated heterocycles. The van der Waals surface area contributed by atoms with Crippen LogP contribution in [0.2, 0.25) is 0 Å². The van der Waals surface area contributed by atoms with Crippen molar-refractivity contribution in [2.45, 2.75) is 38.4 Å². The van der Waals surface area contributed by atoms with Crippen molar-refractivity contribution in [3.8, 4) is 11.3 Å². The number of H-pyrrole nitrogens is 1. The lowest BCUT2D eigenvalue weighted by atomic mass is 10.0. The molecular weight excluding hydrogens is 594 g/mol. The molecule has 1 unspecified atom stereocenters. The molecule has 3 aromatic heterocycles. The number of nitrogens with one attached hydrogen (secondary N) is 3. The van der Waals surface area contributed by atoms with Crippen molar-refractivity contribution in [2.75, 3.05) is 63.7 Å². The van der Waals surface area contributed by atoms with Crippen LogP contribution in [0.5, 0.6) is 0 Å². The van der Waals surface area contributed by atoms with Gasteiger partial charge in [0.1, 0.15) is 23.5 Å². The Labute approximate surface area is 275 Å². The number of ether oxygens (including phenoxy) is 1. The Hall–Kier alpha value is -4.65. The maximum atomic E-state index is 13.2. The van der Waals surface area contributed by atoms with Gasteiger partial charge in [0.05, 0.1) is 18.6 Å². The molecule has 4 aromatic rings. The first-order valence-corrected chi connectivity index (χ1v) is 16.2. The highest BCUT2D eigenvalue weighted by Gasteiger charge is 2.25. The summed E-state index contributed by atoms with van der Waals surface area (Å²) in [5, 5.41) is 7.11. The van der Waals surface area contributed by atoms with Crippen LogP contribution < -0.4 is 15.5 Å². The Morgan fingerprint density at radius 1 is 1.09 bits per heavy atom. The molecule has 47 heavy (non-hydrogen) atoms. The molecular formula is C35H43N9O3. The van der Waals surface area contributed by atoms with Crippen molar-refractivity contribution >= 4 is 34.4 Å². The average Bonchev–Trinajstić information content (AvgIpc) is 3.53. The molecule has 2 amide bonds. The molecule has 12 nitrogen and oxygen atoms in total. The van der Waals surface area contributed by atoms with Crippen LogP contribution in [0.25, 0.3) is 22.3 Å². The van der Waals surface area contributed by atoms with Gasteiger partial charge in [-0.15, -0.1) is 0 Å². The molecule has 0 radical (unpaired) electrons. The van der Waals surface area contributed by atoms with Crippen LogP contribution in [0.4, 0.5) is 11.5 Å². The standard InChI is InChI=1S/C35H43N9O3/c1-23(24(2)42(3)4)34(45)40-28-6-5-13-43(21-28)20-25-11-12-36-31(18-25)35(46)39-27-9-7-26(8-10-27)30-19-29-32(41-30)37-22-38-33(29)44-14-16-47-17-15-44/h7-12,18-19,22,24,28H,1,5-6,13-17,20-21H2,2-4H3,(H,39,46)(H,40,45)(H,37,38,41)/t24-,28?/m1/s1. The molecule has 1 aromatic carbocycles. The minimum atomic E-state index is -0.270. The van der Waals surface area contributed by atoms with E-state index in [9.17, 15) is 9.59 Å². The van der Waals surface area contributed by atoms with Gasteiger partial charge in [-0.05, 0) is 81.9 Å². The fourth-order valence-electron chi connectivity index (χ4n) is 6.09. The number of fused-ring (bicyclic) bond motifs is 1. The number of anilines is 2. The smallest absolute Gasteiger partial charge is 0.274 e. The highest BCUT2D eigenvalue weighted by Crippen LogP contribution is 2.30. The summed E-state index contributed by atoms with van der Waals surface area (Å²) >= 11 is 0. The molecule has 2 aliphatic heterocycles. The van der Waals surface area contributed by atoms with E-state index in [1.165, 1.54) is 0 Å². The summed E-state index contributed by atoms with van der Waals surface area (Å²) in [7, 11) is 3.88. The number of piperidine rings is 1. The lowest BCUT2D eigenvalue weighted by molar-refractivity contribution is -0.119. The fourth-order valence-corrected chi connectivity index (χ4v) is 6.09. The van der Waals surface area contributed by atoms with Gasteiger partial charge in [-0.25, -0.2) is 9.97 Å². The van der Waals surface area contributed by atoms with Gasteiger partial charge in [-0.3, -0.25) is 19.5 Å². The molecule has 0 aliphatic carbocycles. The number of benzene rings is 1. The second kappa shape index (κ2) is 14.4. The number of likely N-dealkylation sites (tertiary alicyclic amines) is 1. The predicted octanol–water partition coefficient (Wildman–Crippen LogP) is 3.70. The zero-order chi connectivity index (χ0) is 32.9. The third-order valence-electron chi connectivity index (χ3n) is 9.04. The van der Waals surface area contributed by atoms with E-state index in [1.807, 2.05) is 62.3 Å². The minimum Gasteiger partial charge on any atom is -0.378 e. The minimum absolute atomic E-state index is 0.0295. The third kappa shape index (κ3) is 7.67. The van der Waals surface area contributed by atoms with Crippen molar-refractivity contribution in [3.05, 3.63) is 78.4 Å². The van der Waals surface area contributed by atoms with E-state index in [1.54, 1.807) is 12.5 Å². The topological polar surface area (TPSA) is 132 Å². The van der Waals surface area contributed by atoms with Crippen LogP contribution in [0, 0.1) is 0 Å². The molecule has 6 rings (SSSR count). The van der Waals surface area contributed by atoms with Crippen molar-refractivity contribution in [1.29, 1.82) is 0 Å². The Bertz CT molecular complexity index is 1730. The monoisotopic (exact) mass is 637 g/mol. The van der Waals surface area contributed by atoms with E-state index in [2.05, 4.69) is 53.0 Å². The van der Waals surface area contributed by atoms with Crippen LogP contribution in [-0.4, -0.2) is 107 Å². The average molecular weight is 638 g/mol. The molecule has 2 fully saturated rings. The molecule has 3 N–H and O–H groups in total. The van der Waals surface area contributed by atoms with Gasteiger partial charge in [-0.1, -0.05) is 18.7 Å². The molecule has 246 valence electrons. The van der Waals surface area contributed by atoms with Crippen molar-refractivity contribution in [3.63, 3.8) is 0 Å². The summed E-state index contributed by atoms with van der Waals surface area (Å²) in [6.45, 7) is 11.3. The number of pyridine rings is 1. The van der Waals surface area contributed by atoms with Crippen LogP contribution in [0.1, 0.15) is 35.8 Å². The number of amides is 2. The second-order valence-electron chi connectivity index (χ2n) is 12.5.